The van der Waals surface area contributed by atoms with Crippen LogP contribution in [0.25, 0.3) is 11.5 Å². The molecule has 2 heterocycles. The van der Waals surface area contributed by atoms with Gasteiger partial charge in [-0.1, -0.05) is 19.3 Å². The predicted octanol–water partition coefficient (Wildman–Crippen LogP) is 4.02. The van der Waals surface area contributed by atoms with Gasteiger partial charge in [0.25, 0.3) is 0 Å². The number of nitrogens with zero attached hydrogens (tertiary/aromatic N) is 1. The smallest absolute Gasteiger partial charge is 0.153 e. The lowest BCUT2D eigenvalue weighted by atomic mass is 9.84. The number of aliphatic hydroxyl groups is 1. The van der Waals surface area contributed by atoms with Crippen LogP contribution < -0.4 is 0 Å². The van der Waals surface area contributed by atoms with Gasteiger partial charge in [0.2, 0.25) is 0 Å². The molecule has 0 saturated heterocycles. The van der Waals surface area contributed by atoms with E-state index in [1.807, 2.05) is 12.1 Å². The van der Waals surface area contributed by atoms with E-state index in [1.54, 1.807) is 11.8 Å². The van der Waals surface area contributed by atoms with Crippen LogP contribution in [0.1, 0.15) is 43.1 Å². The highest BCUT2D eigenvalue weighted by atomic mass is 32.1. The van der Waals surface area contributed by atoms with Gasteiger partial charge < -0.3 is 9.52 Å². The van der Waals surface area contributed by atoms with Gasteiger partial charge in [-0.3, -0.25) is 0 Å². The number of hydrogen-bond acceptors (Lipinski definition) is 4. The zero-order valence-electron chi connectivity index (χ0n) is 10.2. The molecule has 96 valence electrons. The molecule has 0 spiro atoms. The van der Waals surface area contributed by atoms with Crippen LogP contribution in [0.2, 0.25) is 0 Å². The van der Waals surface area contributed by atoms with Crippen LogP contribution in [0.3, 0.4) is 0 Å². The minimum atomic E-state index is -0.391. The topological polar surface area (TPSA) is 46.3 Å². The van der Waals surface area contributed by atoms with Gasteiger partial charge in [-0.15, -0.1) is 11.3 Å². The Morgan fingerprint density at radius 3 is 2.89 bits per heavy atom. The molecule has 1 N–H and O–H groups in total. The molecule has 3 nitrogen and oxygen atoms in total. The maximum Gasteiger partial charge on any atom is 0.153 e. The highest BCUT2D eigenvalue weighted by Gasteiger charge is 2.27. The molecule has 1 fully saturated rings. The largest absolute Gasteiger partial charge is 0.463 e. The molecule has 1 unspecified atom stereocenters. The maximum atomic E-state index is 10.5. The third kappa shape index (κ3) is 2.22. The van der Waals surface area contributed by atoms with E-state index in [1.165, 1.54) is 30.6 Å². The number of aromatic nitrogens is 1. The van der Waals surface area contributed by atoms with E-state index >= 15 is 0 Å². The Balaban J connectivity index is 1.85. The van der Waals surface area contributed by atoms with E-state index in [0.717, 1.165) is 29.2 Å². The first-order chi connectivity index (χ1) is 8.86. The van der Waals surface area contributed by atoms with Crippen LogP contribution in [0, 0.1) is 5.92 Å². The fraction of sp³-hybridized carbons (Fsp3) is 0.500. The summed E-state index contributed by atoms with van der Waals surface area (Å²) in [6.07, 6.45) is 7.26. The lowest BCUT2D eigenvalue weighted by Crippen LogP contribution is -2.15. The maximum absolute atomic E-state index is 10.5. The van der Waals surface area contributed by atoms with Gasteiger partial charge in [-0.25, -0.2) is 4.98 Å². The number of rotatable bonds is 3. The molecule has 0 aliphatic heterocycles. The molecule has 2 aromatic rings. The van der Waals surface area contributed by atoms with Crippen molar-refractivity contribution in [2.24, 2.45) is 5.92 Å². The summed E-state index contributed by atoms with van der Waals surface area (Å²) in [5.74, 6) is 1.13. The molecule has 1 saturated carbocycles. The summed E-state index contributed by atoms with van der Waals surface area (Å²) in [6.45, 7) is 0. The van der Waals surface area contributed by atoms with Gasteiger partial charge in [0.05, 0.1) is 22.8 Å². The number of aliphatic hydroxyl groups excluding tert-OH is 1. The van der Waals surface area contributed by atoms with Crippen molar-refractivity contribution in [2.75, 3.05) is 0 Å². The lowest BCUT2D eigenvalue weighted by molar-refractivity contribution is 0.0881. The van der Waals surface area contributed by atoms with Crippen molar-refractivity contribution in [3.63, 3.8) is 0 Å². The van der Waals surface area contributed by atoms with E-state index in [-0.39, 0.29) is 0 Å². The normalized spacial score (nSPS) is 18.9. The molecule has 1 aliphatic rings. The Bertz CT molecular complexity index is 486. The first-order valence-electron chi connectivity index (χ1n) is 6.51. The first kappa shape index (κ1) is 11.9. The second kappa shape index (κ2) is 5.24. The van der Waals surface area contributed by atoms with Crippen molar-refractivity contribution in [3.8, 4) is 11.5 Å². The molecule has 0 radical (unpaired) electrons. The molecule has 0 aromatic carbocycles. The average Bonchev–Trinajstić information content (AvgIpc) is 3.09. The Morgan fingerprint density at radius 2 is 2.17 bits per heavy atom. The van der Waals surface area contributed by atoms with Crippen LogP contribution in [-0.4, -0.2) is 10.1 Å². The number of thiazole rings is 1. The molecular weight excluding hydrogens is 246 g/mol. The third-order valence-electron chi connectivity index (χ3n) is 3.71. The highest BCUT2D eigenvalue weighted by Crippen LogP contribution is 2.39. The Labute approximate surface area is 110 Å². The van der Waals surface area contributed by atoms with Crippen molar-refractivity contribution in [3.05, 3.63) is 28.8 Å². The molecule has 2 aromatic heterocycles. The second-order valence-corrected chi connectivity index (χ2v) is 5.77. The summed E-state index contributed by atoms with van der Waals surface area (Å²) in [7, 11) is 0. The monoisotopic (exact) mass is 263 g/mol. The third-order valence-corrected chi connectivity index (χ3v) is 4.61. The quantitative estimate of drug-likeness (QED) is 0.909. The first-order valence-corrected chi connectivity index (χ1v) is 7.39. The van der Waals surface area contributed by atoms with Crippen molar-refractivity contribution in [1.82, 2.24) is 4.98 Å². The molecule has 18 heavy (non-hydrogen) atoms. The van der Waals surface area contributed by atoms with Crippen molar-refractivity contribution in [2.45, 2.75) is 38.2 Å². The van der Waals surface area contributed by atoms with Crippen molar-refractivity contribution < 1.29 is 9.52 Å². The van der Waals surface area contributed by atoms with Gasteiger partial charge in [-0.2, -0.15) is 0 Å². The average molecular weight is 263 g/mol. The minimum Gasteiger partial charge on any atom is -0.463 e. The summed E-state index contributed by atoms with van der Waals surface area (Å²) < 4.78 is 5.39. The van der Waals surface area contributed by atoms with Crippen molar-refractivity contribution in [1.29, 1.82) is 0 Å². The van der Waals surface area contributed by atoms with Gasteiger partial charge in [0.15, 0.2) is 5.76 Å². The zero-order valence-corrected chi connectivity index (χ0v) is 11.0. The summed E-state index contributed by atoms with van der Waals surface area (Å²) in [4.78, 5) is 5.29. The van der Waals surface area contributed by atoms with Crippen LogP contribution in [0.15, 0.2) is 28.3 Å². The molecular formula is C14H17NO2S. The van der Waals surface area contributed by atoms with E-state index < -0.39 is 6.10 Å². The van der Waals surface area contributed by atoms with Crippen LogP contribution in [-0.2, 0) is 0 Å². The van der Waals surface area contributed by atoms with E-state index in [4.69, 9.17) is 4.42 Å². The lowest BCUT2D eigenvalue weighted by Gasteiger charge is -2.26. The van der Waals surface area contributed by atoms with Crippen LogP contribution >= 0.6 is 11.3 Å². The molecule has 4 heteroatoms. The van der Waals surface area contributed by atoms with Gasteiger partial charge in [0, 0.05) is 0 Å². The Kier molecular flexibility index (Phi) is 3.48. The minimum absolute atomic E-state index is 0.382. The van der Waals surface area contributed by atoms with Crippen molar-refractivity contribution >= 4 is 11.3 Å². The van der Waals surface area contributed by atoms with E-state index in [0.29, 0.717) is 5.92 Å². The standard InChI is InChI=1S/C14H17NO2S/c16-13(10-5-2-1-3-6-10)14-12(15-9-18-14)11-7-4-8-17-11/h4,7-10,13,16H,1-3,5-6H2. The van der Waals surface area contributed by atoms with Gasteiger partial charge >= 0.3 is 0 Å². The summed E-state index contributed by atoms with van der Waals surface area (Å²) in [6, 6.07) is 3.75. The Morgan fingerprint density at radius 1 is 1.33 bits per heavy atom. The molecule has 0 bridgehead atoms. The number of hydrogen-bond donors (Lipinski definition) is 1. The van der Waals surface area contributed by atoms with Crippen LogP contribution in [0.5, 0.6) is 0 Å². The Hall–Kier alpha value is -1.13. The predicted molar refractivity (Wildman–Crippen MR) is 71.4 cm³/mol. The van der Waals surface area contributed by atoms with E-state index in [2.05, 4.69) is 4.98 Å². The second-order valence-electron chi connectivity index (χ2n) is 4.89. The summed E-state index contributed by atoms with van der Waals surface area (Å²) in [5.41, 5.74) is 2.60. The van der Waals surface area contributed by atoms with Gasteiger partial charge in [-0.05, 0) is 30.9 Å². The zero-order chi connectivity index (χ0) is 12.4. The molecule has 1 atom stereocenters. The molecule has 1 aliphatic carbocycles. The number of furan rings is 1. The highest BCUT2D eigenvalue weighted by molar-refractivity contribution is 7.10. The SMILES string of the molecule is OC(c1scnc1-c1ccco1)C1CCCCC1. The van der Waals surface area contributed by atoms with E-state index in [9.17, 15) is 5.11 Å². The van der Waals surface area contributed by atoms with Crippen LogP contribution in [0.4, 0.5) is 0 Å². The molecule has 3 rings (SSSR count). The fourth-order valence-corrected chi connectivity index (χ4v) is 3.60. The molecule has 0 amide bonds. The summed E-state index contributed by atoms with van der Waals surface area (Å²) in [5, 5.41) is 10.5. The van der Waals surface area contributed by atoms with Gasteiger partial charge in [0.1, 0.15) is 5.69 Å². The fourth-order valence-electron chi connectivity index (χ4n) is 2.73. The summed E-state index contributed by atoms with van der Waals surface area (Å²) >= 11 is 1.53.